The van der Waals surface area contributed by atoms with Gasteiger partial charge < -0.3 is 10.2 Å². The molecule has 0 aromatic heterocycles. The summed E-state index contributed by atoms with van der Waals surface area (Å²) in [6.07, 6.45) is 6.58. The first-order chi connectivity index (χ1) is 6.13. The molecule has 1 N–H and O–H groups in total. The van der Waals surface area contributed by atoms with Crippen molar-refractivity contribution in [1.82, 2.24) is 10.2 Å². The van der Waals surface area contributed by atoms with Gasteiger partial charge in [-0.1, -0.05) is 5.92 Å². The largest absolute Gasteiger partial charge is 0.304 e. The van der Waals surface area contributed by atoms with E-state index >= 15 is 0 Å². The number of hydrogen-bond acceptors (Lipinski definition) is 2. The normalized spacial score (nSPS) is 31.5. The van der Waals surface area contributed by atoms with Crippen LogP contribution in [0.25, 0.3) is 0 Å². The second-order valence-electron chi connectivity index (χ2n) is 4.19. The van der Waals surface area contributed by atoms with Crippen molar-refractivity contribution in [1.29, 1.82) is 0 Å². The predicted molar refractivity (Wildman–Crippen MR) is 56.5 cm³/mol. The molecule has 1 rings (SSSR count). The van der Waals surface area contributed by atoms with Gasteiger partial charge in [-0.3, -0.25) is 0 Å². The highest BCUT2D eigenvalue weighted by Gasteiger charge is 2.25. The van der Waals surface area contributed by atoms with Crippen LogP contribution < -0.4 is 5.32 Å². The van der Waals surface area contributed by atoms with Crippen molar-refractivity contribution in [2.75, 3.05) is 20.1 Å². The SMILES string of the molecule is C#CC(C)NCC1CC(C)N(C)C1. The van der Waals surface area contributed by atoms with Crippen molar-refractivity contribution >= 4 is 0 Å². The van der Waals surface area contributed by atoms with Gasteiger partial charge in [0.1, 0.15) is 0 Å². The fourth-order valence-corrected chi connectivity index (χ4v) is 1.87. The lowest BCUT2D eigenvalue weighted by molar-refractivity contribution is 0.324. The minimum atomic E-state index is 0.209. The summed E-state index contributed by atoms with van der Waals surface area (Å²) in [5.41, 5.74) is 0. The van der Waals surface area contributed by atoms with Gasteiger partial charge in [-0.15, -0.1) is 6.42 Å². The maximum absolute atomic E-state index is 5.29. The van der Waals surface area contributed by atoms with E-state index in [9.17, 15) is 0 Å². The average Bonchev–Trinajstić information content (AvgIpc) is 2.42. The quantitative estimate of drug-likeness (QED) is 0.650. The Morgan fingerprint density at radius 1 is 1.69 bits per heavy atom. The highest BCUT2D eigenvalue weighted by molar-refractivity contribution is 4.96. The van der Waals surface area contributed by atoms with Crippen LogP contribution in [0.4, 0.5) is 0 Å². The van der Waals surface area contributed by atoms with Gasteiger partial charge in [0.25, 0.3) is 0 Å². The first-order valence-corrected chi connectivity index (χ1v) is 5.03. The van der Waals surface area contributed by atoms with Crippen molar-refractivity contribution < 1.29 is 0 Å². The van der Waals surface area contributed by atoms with E-state index in [-0.39, 0.29) is 6.04 Å². The number of nitrogens with zero attached hydrogens (tertiary/aromatic N) is 1. The van der Waals surface area contributed by atoms with Gasteiger partial charge in [-0.05, 0) is 33.2 Å². The first-order valence-electron chi connectivity index (χ1n) is 5.03. The highest BCUT2D eigenvalue weighted by atomic mass is 15.2. The van der Waals surface area contributed by atoms with E-state index in [2.05, 4.69) is 30.1 Å². The third-order valence-electron chi connectivity index (χ3n) is 2.94. The third-order valence-corrected chi connectivity index (χ3v) is 2.94. The molecule has 13 heavy (non-hydrogen) atoms. The van der Waals surface area contributed by atoms with Crippen LogP contribution in [-0.2, 0) is 0 Å². The summed E-state index contributed by atoms with van der Waals surface area (Å²) in [6, 6.07) is 0.939. The molecule has 0 radical (unpaired) electrons. The van der Waals surface area contributed by atoms with Gasteiger partial charge >= 0.3 is 0 Å². The zero-order valence-corrected chi connectivity index (χ0v) is 8.88. The van der Waals surface area contributed by atoms with E-state index < -0.39 is 0 Å². The molecule has 2 nitrogen and oxygen atoms in total. The first kappa shape index (κ1) is 10.6. The predicted octanol–water partition coefficient (Wildman–Crippen LogP) is 0.938. The van der Waals surface area contributed by atoms with Crippen molar-refractivity contribution in [2.24, 2.45) is 5.92 Å². The molecule has 0 amide bonds. The zero-order chi connectivity index (χ0) is 9.84. The molecule has 2 heteroatoms. The van der Waals surface area contributed by atoms with Gasteiger partial charge in [-0.25, -0.2) is 0 Å². The maximum atomic E-state index is 5.29. The van der Waals surface area contributed by atoms with Crippen LogP contribution in [0, 0.1) is 18.3 Å². The van der Waals surface area contributed by atoms with Gasteiger partial charge in [0, 0.05) is 19.1 Å². The van der Waals surface area contributed by atoms with E-state index in [1.165, 1.54) is 13.0 Å². The molecule has 0 aromatic rings. The minimum absolute atomic E-state index is 0.209. The molecule has 1 aliphatic heterocycles. The third kappa shape index (κ3) is 3.02. The van der Waals surface area contributed by atoms with Crippen LogP contribution in [0.2, 0.25) is 0 Å². The zero-order valence-electron chi connectivity index (χ0n) is 8.88. The summed E-state index contributed by atoms with van der Waals surface area (Å²) in [7, 11) is 2.19. The molecule has 0 aliphatic carbocycles. The summed E-state index contributed by atoms with van der Waals surface area (Å²) < 4.78 is 0. The Morgan fingerprint density at radius 2 is 2.38 bits per heavy atom. The Kier molecular flexibility index (Phi) is 3.77. The Bertz CT molecular complexity index is 185. The second-order valence-corrected chi connectivity index (χ2v) is 4.19. The molecule has 0 bridgehead atoms. The molecular weight excluding hydrogens is 160 g/mol. The van der Waals surface area contributed by atoms with E-state index in [0.29, 0.717) is 0 Å². The van der Waals surface area contributed by atoms with Crippen LogP contribution >= 0.6 is 0 Å². The lowest BCUT2D eigenvalue weighted by atomic mass is 10.1. The Balaban J connectivity index is 2.21. The van der Waals surface area contributed by atoms with E-state index in [0.717, 1.165) is 18.5 Å². The van der Waals surface area contributed by atoms with Gasteiger partial charge in [-0.2, -0.15) is 0 Å². The minimum Gasteiger partial charge on any atom is -0.304 e. The maximum Gasteiger partial charge on any atom is 0.0658 e. The van der Waals surface area contributed by atoms with Crippen molar-refractivity contribution in [3.05, 3.63) is 0 Å². The Labute approximate surface area is 81.7 Å². The molecule has 3 unspecified atom stereocenters. The van der Waals surface area contributed by atoms with Crippen molar-refractivity contribution in [3.8, 4) is 12.3 Å². The van der Waals surface area contributed by atoms with E-state index in [4.69, 9.17) is 6.42 Å². The second kappa shape index (κ2) is 4.64. The highest BCUT2D eigenvalue weighted by Crippen LogP contribution is 2.20. The monoisotopic (exact) mass is 180 g/mol. The number of likely N-dealkylation sites (tertiary alicyclic amines) is 1. The van der Waals surface area contributed by atoms with Gasteiger partial charge in [0.15, 0.2) is 0 Å². The van der Waals surface area contributed by atoms with Crippen LogP contribution in [0.15, 0.2) is 0 Å². The Hall–Kier alpha value is -0.520. The summed E-state index contributed by atoms with van der Waals surface area (Å²) in [6.45, 7) is 6.57. The number of nitrogens with one attached hydrogen (secondary N) is 1. The number of hydrogen-bond donors (Lipinski definition) is 1. The standard InChI is InChI=1S/C11H20N2/c1-5-9(2)12-7-11-6-10(3)13(4)8-11/h1,9-12H,6-8H2,2-4H3. The van der Waals surface area contributed by atoms with E-state index in [1.54, 1.807) is 0 Å². The molecule has 74 valence electrons. The van der Waals surface area contributed by atoms with Crippen LogP contribution in [-0.4, -0.2) is 37.1 Å². The fraction of sp³-hybridized carbons (Fsp3) is 0.818. The summed E-state index contributed by atoms with van der Waals surface area (Å²) >= 11 is 0. The molecule has 3 atom stereocenters. The topological polar surface area (TPSA) is 15.3 Å². The summed E-state index contributed by atoms with van der Waals surface area (Å²) in [4.78, 5) is 2.41. The molecule has 0 spiro atoms. The molecular formula is C11H20N2. The van der Waals surface area contributed by atoms with E-state index in [1.807, 2.05) is 6.92 Å². The number of terminal acetylenes is 1. The molecule has 1 heterocycles. The molecule has 1 saturated heterocycles. The number of rotatable bonds is 3. The van der Waals surface area contributed by atoms with Crippen LogP contribution in [0.1, 0.15) is 20.3 Å². The van der Waals surface area contributed by atoms with Crippen molar-refractivity contribution in [3.63, 3.8) is 0 Å². The fourth-order valence-electron chi connectivity index (χ4n) is 1.87. The van der Waals surface area contributed by atoms with Gasteiger partial charge in [0.2, 0.25) is 0 Å². The lowest BCUT2D eigenvalue weighted by Gasteiger charge is -2.13. The summed E-state index contributed by atoms with van der Waals surface area (Å²) in [5.74, 6) is 3.46. The lowest BCUT2D eigenvalue weighted by Crippen LogP contribution is -2.31. The molecule has 1 aliphatic rings. The average molecular weight is 180 g/mol. The van der Waals surface area contributed by atoms with Crippen LogP contribution in [0.3, 0.4) is 0 Å². The Morgan fingerprint density at radius 3 is 2.85 bits per heavy atom. The van der Waals surface area contributed by atoms with Gasteiger partial charge in [0.05, 0.1) is 6.04 Å². The van der Waals surface area contributed by atoms with Crippen molar-refractivity contribution in [2.45, 2.75) is 32.4 Å². The molecule has 0 saturated carbocycles. The summed E-state index contributed by atoms with van der Waals surface area (Å²) in [5, 5.41) is 3.35. The smallest absolute Gasteiger partial charge is 0.0658 e. The molecule has 0 aromatic carbocycles. The van der Waals surface area contributed by atoms with Crippen LogP contribution in [0.5, 0.6) is 0 Å². The molecule has 1 fully saturated rings.